The van der Waals surface area contributed by atoms with Crippen LogP contribution in [0, 0.1) is 5.92 Å². The van der Waals surface area contributed by atoms with Gasteiger partial charge in [0.25, 0.3) is 0 Å². The molecule has 0 saturated heterocycles. The van der Waals surface area contributed by atoms with Crippen LogP contribution in [0.25, 0.3) is 0 Å². The van der Waals surface area contributed by atoms with Crippen molar-refractivity contribution in [3.63, 3.8) is 0 Å². The predicted molar refractivity (Wildman–Crippen MR) is 64.0 cm³/mol. The van der Waals surface area contributed by atoms with Crippen molar-refractivity contribution in [3.8, 4) is 5.75 Å². The van der Waals surface area contributed by atoms with Gasteiger partial charge in [0.05, 0.1) is 0 Å². The molecule has 0 bridgehead atoms. The second-order valence-electron chi connectivity index (χ2n) is 4.32. The fourth-order valence-electron chi connectivity index (χ4n) is 1.63. The van der Waals surface area contributed by atoms with Gasteiger partial charge in [0.15, 0.2) is 0 Å². The van der Waals surface area contributed by atoms with Crippen LogP contribution in [-0.2, 0) is 0 Å². The molecule has 0 spiro atoms. The third-order valence-electron chi connectivity index (χ3n) is 2.49. The van der Waals surface area contributed by atoms with E-state index in [4.69, 9.17) is 0 Å². The normalized spacial score (nSPS) is 13.1. The first-order chi connectivity index (χ1) is 7.15. The quantitative estimate of drug-likeness (QED) is 0.777. The van der Waals surface area contributed by atoms with Crippen LogP contribution >= 0.6 is 0 Å². The van der Waals surface area contributed by atoms with Crippen LogP contribution < -0.4 is 5.32 Å². The maximum absolute atomic E-state index is 9.74. The molecule has 0 heterocycles. The molecule has 1 unspecified atom stereocenters. The maximum Gasteiger partial charge on any atom is 0.120 e. The first kappa shape index (κ1) is 12.1. The van der Waals surface area contributed by atoms with Gasteiger partial charge in [0, 0.05) is 11.6 Å². The smallest absolute Gasteiger partial charge is 0.120 e. The van der Waals surface area contributed by atoms with E-state index in [1.165, 1.54) is 0 Å². The van der Waals surface area contributed by atoms with Crippen molar-refractivity contribution >= 4 is 0 Å². The van der Waals surface area contributed by atoms with Gasteiger partial charge in [-0.05, 0) is 24.9 Å². The zero-order valence-electron chi connectivity index (χ0n) is 9.83. The van der Waals surface area contributed by atoms with E-state index < -0.39 is 0 Å². The topological polar surface area (TPSA) is 32.3 Å². The summed E-state index contributed by atoms with van der Waals surface area (Å²) in [5.41, 5.74) is 1.00. The molecule has 1 aromatic carbocycles. The Kier molecular flexibility index (Phi) is 4.63. The number of nitrogens with one attached hydrogen (secondary N) is 1. The lowest BCUT2D eigenvalue weighted by Crippen LogP contribution is -2.24. The van der Waals surface area contributed by atoms with E-state index in [9.17, 15) is 5.11 Å². The summed E-state index contributed by atoms with van der Waals surface area (Å²) >= 11 is 0. The maximum atomic E-state index is 9.74. The van der Waals surface area contributed by atoms with Crippen LogP contribution in [0.1, 0.15) is 38.8 Å². The zero-order chi connectivity index (χ0) is 11.3. The van der Waals surface area contributed by atoms with E-state index in [0.717, 1.165) is 18.5 Å². The molecule has 0 radical (unpaired) electrons. The van der Waals surface area contributed by atoms with Gasteiger partial charge in [0.2, 0.25) is 0 Å². The average Bonchev–Trinajstić information content (AvgIpc) is 2.21. The molecule has 2 heteroatoms. The van der Waals surface area contributed by atoms with Crippen molar-refractivity contribution in [2.45, 2.75) is 33.2 Å². The number of para-hydroxylation sites is 1. The van der Waals surface area contributed by atoms with E-state index in [-0.39, 0.29) is 6.04 Å². The molecule has 0 aliphatic heterocycles. The van der Waals surface area contributed by atoms with Crippen LogP contribution in [0.5, 0.6) is 5.75 Å². The standard InChI is InChI=1S/C13H21NO/c1-4-12(14-9-10(2)3)11-7-5-6-8-13(11)15/h5-8,10,12,14-15H,4,9H2,1-3H3. The van der Waals surface area contributed by atoms with E-state index in [0.29, 0.717) is 11.7 Å². The zero-order valence-corrected chi connectivity index (χ0v) is 9.83. The highest BCUT2D eigenvalue weighted by Gasteiger charge is 2.12. The monoisotopic (exact) mass is 207 g/mol. The molecule has 1 aromatic rings. The summed E-state index contributed by atoms with van der Waals surface area (Å²) in [5, 5.41) is 13.2. The number of aromatic hydroxyl groups is 1. The molecule has 2 nitrogen and oxygen atoms in total. The summed E-state index contributed by atoms with van der Waals surface area (Å²) in [6, 6.07) is 7.81. The molecule has 0 aliphatic carbocycles. The molecular formula is C13H21NO. The highest BCUT2D eigenvalue weighted by molar-refractivity contribution is 5.34. The van der Waals surface area contributed by atoms with Crippen molar-refractivity contribution in [1.82, 2.24) is 5.32 Å². The van der Waals surface area contributed by atoms with Crippen LogP contribution in [0.4, 0.5) is 0 Å². The molecule has 0 amide bonds. The number of phenols is 1. The van der Waals surface area contributed by atoms with Gasteiger partial charge in [-0.3, -0.25) is 0 Å². The summed E-state index contributed by atoms with van der Waals surface area (Å²) in [7, 11) is 0. The lowest BCUT2D eigenvalue weighted by molar-refractivity contribution is 0.426. The molecular weight excluding hydrogens is 186 g/mol. The van der Waals surface area contributed by atoms with Gasteiger partial charge < -0.3 is 10.4 Å². The molecule has 15 heavy (non-hydrogen) atoms. The Balaban J connectivity index is 2.70. The highest BCUT2D eigenvalue weighted by atomic mass is 16.3. The Labute approximate surface area is 92.3 Å². The fourth-order valence-corrected chi connectivity index (χ4v) is 1.63. The highest BCUT2D eigenvalue weighted by Crippen LogP contribution is 2.25. The molecule has 0 aliphatic rings. The second-order valence-corrected chi connectivity index (χ2v) is 4.32. The number of hydrogen-bond acceptors (Lipinski definition) is 2. The molecule has 0 fully saturated rings. The van der Waals surface area contributed by atoms with Crippen molar-refractivity contribution in [1.29, 1.82) is 0 Å². The van der Waals surface area contributed by atoms with Crippen molar-refractivity contribution in [3.05, 3.63) is 29.8 Å². The van der Waals surface area contributed by atoms with Crippen LogP contribution in [-0.4, -0.2) is 11.7 Å². The summed E-state index contributed by atoms with van der Waals surface area (Å²) in [6.45, 7) is 7.48. The lowest BCUT2D eigenvalue weighted by atomic mass is 10.0. The Morgan fingerprint density at radius 2 is 1.93 bits per heavy atom. The predicted octanol–water partition coefficient (Wildman–Crippen LogP) is 3.09. The minimum Gasteiger partial charge on any atom is -0.508 e. The molecule has 84 valence electrons. The Morgan fingerprint density at radius 1 is 1.27 bits per heavy atom. The summed E-state index contributed by atoms with van der Waals surface area (Å²) in [5.74, 6) is 1.02. The first-order valence-corrected chi connectivity index (χ1v) is 5.66. The van der Waals surface area contributed by atoms with Crippen molar-refractivity contribution in [2.75, 3.05) is 6.54 Å². The third-order valence-corrected chi connectivity index (χ3v) is 2.49. The number of hydrogen-bond donors (Lipinski definition) is 2. The van der Waals surface area contributed by atoms with Gasteiger partial charge >= 0.3 is 0 Å². The molecule has 1 atom stereocenters. The molecule has 2 N–H and O–H groups in total. The molecule has 0 aromatic heterocycles. The Hall–Kier alpha value is -1.02. The average molecular weight is 207 g/mol. The van der Waals surface area contributed by atoms with Gasteiger partial charge in [0.1, 0.15) is 5.75 Å². The SMILES string of the molecule is CCC(NCC(C)C)c1ccccc1O. The second kappa shape index (κ2) is 5.76. The van der Waals surface area contributed by atoms with E-state index in [1.54, 1.807) is 6.07 Å². The van der Waals surface area contributed by atoms with Crippen molar-refractivity contribution < 1.29 is 5.11 Å². The largest absolute Gasteiger partial charge is 0.508 e. The summed E-state index contributed by atoms with van der Waals surface area (Å²) < 4.78 is 0. The number of phenolic OH excluding ortho intramolecular Hbond substituents is 1. The van der Waals surface area contributed by atoms with Gasteiger partial charge in [-0.2, -0.15) is 0 Å². The third kappa shape index (κ3) is 3.56. The van der Waals surface area contributed by atoms with Gasteiger partial charge in [-0.1, -0.05) is 39.0 Å². The first-order valence-electron chi connectivity index (χ1n) is 5.66. The number of benzene rings is 1. The summed E-state index contributed by atoms with van der Waals surface area (Å²) in [4.78, 5) is 0. The Bertz CT molecular complexity index is 296. The Morgan fingerprint density at radius 3 is 2.47 bits per heavy atom. The van der Waals surface area contributed by atoms with E-state index in [2.05, 4.69) is 26.1 Å². The van der Waals surface area contributed by atoms with E-state index >= 15 is 0 Å². The summed E-state index contributed by atoms with van der Waals surface area (Å²) in [6.07, 6.45) is 0.990. The van der Waals surface area contributed by atoms with Crippen LogP contribution in [0.2, 0.25) is 0 Å². The molecule has 0 saturated carbocycles. The van der Waals surface area contributed by atoms with Crippen molar-refractivity contribution in [2.24, 2.45) is 5.92 Å². The minimum atomic E-state index is 0.258. The lowest BCUT2D eigenvalue weighted by Gasteiger charge is -2.19. The van der Waals surface area contributed by atoms with Crippen LogP contribution in [0.3, 0.4) is 0 Å². The van der Waals surface area contributed by atoms with Gasteiger partial charge in [-0.25, -0.2) is 0 Å². The fraction of sp³-hybridized carbons (Fsp3) is 0.538. The van der Waals surface area contributed by atoms with Gasteiger partial charge in [-0.15, -0.1) is 0 Å². The van der Waals surface area contributed by atoms with E-state index in [1.807, 2.05) is 18.2 Å². The minimum absolute atomic E-state index is 0.258. The number of rotatable bonds is 5. The van der Waals surface area contributed by atoms with Crippen LogP contribution in [0.15, 0.2) is 24.3 Å². The molecule has 1 rings (SSSR count).